The van der Waals surface area contributed by atoms with E-state index in [0.717, 1.165) is 19.3 Å². The summed E-state index contributed by atoms with van der Waals surface area (Å²) in [5.41, 5.74) is 1.08. The molecular weight excluding hydrogens is 368 g/mol. The maximum Gasteiger partial charge on any atom is 0.344 e. The molecule has 1 fully saturated rings. The van der Waals surface area contributed by atoms with E-state index in [9.17, 15) is 9.59 Å². The summed E-state index contributed by atoms with van der Waals surface area (Å²) >= 11 is 6.21. The monoisotopic (exact) mass is 390 g/mol. The molecule has 27 heavy (non-hydrogen) atoms. The Bertz CT molecular complexity index is 838. The third-order valence-electron chi connectivity index (χ3n) is 5.00. The van der Waals surface area contributed by atoms with E-state index in [4.69, 9.17) is 20.9 Å². The van der Waals surface area contributed by atoms with Gasteiger partial charge in [-0.2, -0.15) is 0 Å². The molecule has 0 N–H and O–H groups in total. The molecular formula is C20H23ClN2O4. The number of carbonyl (C=O) groups is 2. The maximum atomic E-state index is 12.6. The number of rotatable bonds is 4. The molecule has 0 saturated carbocycles. The quantitative estimate of drug-likeness (QED) is 0.729. The fourth-order valence-corrected chi connectivity index (χ4v) is 3.86. The molecule has 1 saturated heterocycles. The number of halogens is 1. The molecule has 2 heterocycles. The molecule has 1 aromatic carbocycles. The van der Waals surface area contributed by atoms with Crippen molar-refractivity contribution < 1.29 is 18.8 Å². The fourth-order valence-electron chi connectivity index (χ4n) is 3.64. The van der Waals surface area contributed by atoms with E-state index < -0.39 is 5.97 Å². The van der Waals surface area contributed by atoms with E-state index in [1.165, 1.54) is 0 Å². The number of likely N-dealkylation sites (tertiary alicyclic amines) is 1. The Morgan fingerprint density at radius 3 is 2.59 bits per heavy atom. The van der Waals surface area contributed by atoms with Crippen molar-refractivity contribution in [3.63, 3.8) is 0 Å². The lowest BCUT2D eigenvalue weighted by atomic mass is 9.97. The summed E-state index contributed by atoms with van der Waals surface area (Å²) in [6.45, 7) is 5.37. The fraction of sp³-hybridized carbons (Fsp3) is 0.450. The molecule has 1 aliphatic rings. The molecule has 7 heteroatoms. The Balaban J connectivity index is 1.75. The topological polar surface area (TPSA) is 72.6 Å². The minimum atomic E-state index is -0.644. The van der Waals surface area contributed by atoms with Crippen LogP contribution in [0.15, 0.2) is 28.8 Å². The number of amides is 1. The van der Waals surface area contributed by atoms with E-state index in [-0.39, 0.29) is 30.2 Å². The SMILES string of the molecule is Cc1onc(-c2ccccc2Cl)c1C(=O)OCC(=O)N1[C@H](C)CCC[C@@H]1C. The van der Waals surface area contributed by atoms with Crippen molar-refractivity contribution >= 4 is 23.5 Å². The second kappa shape index (κ2) is 8.13. The maximum absolute atomic E-state index is 12.6. The predicted molar refractivity (Wildman–Crippen MR) is 102 cm³/mol. The Morgan fingerprint density at radius 2 is 1.93 bits per heavy atom. The van der Waals surface area contributed by atoms with Crippen molar-refractivity contribution in [2.75, 3.05) is 6.61 Å². The van der Waals surface area contributed by atoms with Crippen LogP contribution >= 0.6 is 11.6 Å². The van der Waals surface area contributed by atoms with Gasteiger partial charge in [0.15, 0.2) is 6.61 Å². The van der Waals surface area contributed by atoms with Gasteiger partial charge >= 0.3 is 5.97 Å². The molecule has 144 valence electrons. The highest BCUT2D eigenvalue weighted by Crippen LogP contribution is 2.31. The third kappa shape index (κ3) is 4.00. The number of nitrogens with zero attached hydrogens (tertiary/aromatic N) is 2. The van der Waals surface area contributed by atoms with Crippen LogP contribution in [0, 0.1) is 6.92 Å². The number of piperidine rings is 1. The van der Waals surface area contributed by atoms with Crippen LogP contribution in [0.5, 0.6) is 0 Å². The Kier molecular flexibility index (Phi) is 5.85. The normalized spacial score (nSPS) is 19.8. The van der Waals surface area contributed by atoms with Gasteiger partial charge in [0, 0.05) is 17.6 Å². The van der Waals surface area contributed by atoms with Crippen molar-refractivity contribution in [3.05, 3.63) is 40.6 Å². The van der Waals surface area contributed by atoms with Gasteiger partial charge in [0.25, 0.3) is 5.91 Å². The summed E-state index contributed by atoms with van der Waals surface area (Å²) in [5.74, 6) is -0.507. The van der Waals surface area contributed by atoms with Crippen molar-refractivity contribution in [2.24, 2.45) is 0 Å². The molecule has 1 aromatic heterocycles. The summed E-state index contributed by atoms with van der Waals surface area (Å²) in [6.07, 6.45) is 3.03. The highest BCUT2D eigenvalue weighted by atomic mass is 35.5. The summed E-state index contributed by atoms with van der Waals surface area (Å²) in [4.78, 5) is 27.0. The lowest BCUT2D eigenvalue weighted by Gasteiger charge is -2.38. The first-order valence-corrected chi connectivity index (χ1v) is 9.47. The highest BCUT2D eigenvalue weighted by Gasteiger charge is 2.30. The number of aromatic nitrogens is 1. The van der Waals surface area contributed by atoms with Crippen LogP contribution < -0.4 is 0 Å². The molecule has 0 spiro atoms. The lowest BCUT2D eigenvalue weighted by Crippen LogP contribution is -2.49. The third-order valence-corrected chi connectivity index (χ3v) is 5.33. The number of esters is 1. The summed E-state index contributed by atoms with van der Waals surface area (Å²) in [7, 11) is 0. The van der Waals surface area contributed by atoms with Crippen molar-refractivity contribution in [2.45, 2.75) is 52.1 Å². The molecule has 0 aliphatic carbocycles. The van der Waals surface area contributed by atoms with Gasteiger partial charge in [-0.25, -0.2) is 4.79 Å². The zero-order valence-electron chi connectivity index (χ0n) is 15.7. The molecule has 0 bridgehead atoms. The van der Waals surface area contributed by atoms with Crippen LogP contribution in [-0.2, 0) is 9.53 Å². The summed E-state index contributed by atoms with van der Waals surface area (Å²) in [6, 6.07) is 7.34. The number of ether oxygens (including phenoxy) is 1. The first-order valence-electron chi connectivity index (χ1n) is 9.09. The molecule has 0 unspecified atom stereocenters. The van der Waals surface area contributed by atoms with Gasteiger partial charge in [-0.3, -0.25) is 4.79 Å². The van der Waals surface area contributed by atoms with E-state index in [0.29, 0.717) is 22.0 Å². The summed E-state index contributed by atoms with van der Waals surface area (Å²) < 4.78 is 10.5. The number of aryl methyl sites for hydroxylation is 1. The number of carbonyl (C=O) groups excluding carboxylic acids is 2. The molecule has 3 rings (SSSR count). The average molecular weight is 391 g/mol. The van der Waals surface area contributed by atoms with Crippen molar-refractivity contribution in [3.8, 4) is 11.3 Å². The molecule has 2 aromatic rings. The number of hydrogen-bond donors (Lipinski definition) is 0. The predicted octanol–water partition coefficient (Wildman–Crippen LogP) is 4.25. The molecule has 2 atom stereocenters. The van der Waals surface area contributed by atoms with Gasteiger partial charge in [0.2, 0.25) is 0 Å². The van der Waals surface area contributed by atoms with E-state index in [1.54, 1.807) is 31.2 Å². The van der Waals surface area contributed by atoms with Crippen LogP contribution in [0.25, 0.3) is 11.3 Å². The van der Waals surface area contributed by atoms with Gasteiger partial charge in [-0.15, -0.1) is 0 Å². The second-order valence-electron chi connectivity index (χ2n) is 6.95. The molecule has 0 radical (unpaired) electrons. The van der Waals surface area contributed by atoms with Gasteiger partial charge in [-0.1, -0.05) is 35.0 Å². The number of hydrogen-bond acceptors (Lipinski definition) is 5. The van der Waals surface area contributed by atoms with E-state index in [1.807, 2.05) is 18.7 Å². The van der Waals surface area contributed by atoms with E-state index >= 15 is 0 Å². The minimum absolute atomic E-state index is 0.149. The van der Waals surface area contributed by atoms with Crippen LogP contribution in [0.3, 0.4) is 0 Å². The van der Waals surface area contributed by atoms with Gasteiger partial charge in [0.05, 0.1) is 5.02 Å². The number of benzene rings is 1. The first kappa shape index (κ1) is 19.4. The van der Waals surface area contributed by atoms with Crippen LogP contribution in [-0.4, -0.2) is 40.6 Å². The molecule has 1 aliphatic heterocycles. The van der Waals surface area contributed by atoms with Crippen LogP contribution in [0.4, 0.5) is 0 Å². The largest absolute Gasteiger partial charge is 0.452 e. The zero-order valence-corrected chi connectivity index (χ0v) is 16.5. The summed E-state index contributed by atoms with van der Waals surface area (Å²) in [5, 5.41) is 4.40. The molecule has 6 nitrogen and oxygen atoms in total. The average Bonchev–Trinajstić information content (AvgIpc) is 3.01. The van der Waals surface area contributed by atoms with E-state index in [2.05, 4.69) is 5.16 Å². The Morgan fingerprint density at radius 1 is 1.26 bits per heavy atom. The van der Waals surface area contributed by atoms with Gasteiger partial charge in [-0.05, 0) is 46.1 Å². The standard InChI is InChI=1S/C20H23ClN2O4/c1-12-7-6-8-13(2)23(12)17(24)11-26-20(25)18-14(3)27-22-19(18)15-9-4-5-10-16(15)21/h4-5,9-10,12-13H,6-8,11H2,1-3H3/t12-,13+. The minimum Gasteiger partial charge on any atom is -0.452 e. The first-order chi connectivity index (χ1) is 12.9. The van der Waals surface area contributed by atoms with Gasteiger partial charge < -0.3 is 14.2 Å². The van der Waals surface area contributed by atoms with Crippen molar-refractivity contribution in [1.82, 2.24) is 10.1 Å². The van der Waals surface area contributed by atoms with Crippen LogP contribution in [0.1, 0.15) is 49.2 Å². The Labute approximate surface area is 163 Å². The lowest BCUT2D eigenvalue weighted by molar-refractivity contribution is -0.140. The second-order valence-corrected chi connectivity index (χ2v) is 7.36. The van der Waals surface area contributed by atoms with Crippen molar-refractivity contribution in [1.29, 1.82) is 0 Å². The molecule has 1 amide bonds. The Hall–Kier alpha value is -2.34. The highest BCUT2D eigenvalue weighted by molar-refractivity contribution is 6.33. The van der Waals surface area contributed by atoms with Crippen LogP contribution in [0.2, 0.25) is 5.02 Å². The van der Waals surface area contributed by atoms with Gasteiger partial charge in [0.1, 0.15) is 17.0 Å². The zero-order chi connectivity index (χ0) is 19.6. The smallest absolute Gasteiger partial charge is 0.344 e.